The summed E-state index contributed by atoms with van der Waals surface area (Å²) in [6, 6.07) is 13.8. The minimum Gasteiger partial charge on any atom is -0.325 e. The molecule has 0 unspecified atom stereocenters. The number of nitrogens with zero attached hydrogens (tertiary/aromatic N) is 1. The molecule has 0 fully saturated rings. The summed E-state index contributed by atoms with van der Waals surface area (Å²) in [5, 5.41) is 6.35. The molecule has 0 saturated carbocycles. The molecule has 2 N–H and O–H groups in total. The molecule has 4 rings (SSSR count). The maximum atomic E-state index is 12.7. The zero-order valence-electron chi connectivity index (χ0n) is 14.9. The number of hydrogen-bond acceptors (Lipinski definition) is 3. The van der Waals surface area contributed by atoms with Crippen LogP contribution < -0.4 is 15.5 Å². The first kappa shape index (κ1) is 16.8. The second-order valence-electron chi connectivity index (χ2n) is 7.01. The van der Waals surface area contributed by atoms with Crippen LogP contribution in [0.4, 0.5) is 11.4 Å². The Kier molecular flexibility index (Phi) is 4.47. The first-order valence-electron chi connectivity index (χ1n) is 9.14. The molecule has 2 aromatic carbocycles. The molecule has 2 aliphatic heterocycles. The third-order valence-electron chi connectivity index (χ3n) is 5.24. The van der Waals surface area contributed by atoms with Crippen LogP contribution in [0.25, 0.3) is 0 Å². The van der Waals surface area contributed by atoms with Gasteiger partial charge in [0, 0.05) is 31.4 Å². The Morgan fingerprint density at radius 2 is 1.92 bits per heavy atom. The summed E-state index contributed by atoms with van der Waals surface area (Å²) in [5.74, 6) is 0.0477. The Labute approximate surface area is 153 Å². The Balaban J connectivity index is 1.48. The predicted molar refractivity (Wildman–Crippen MR) is 102 cm³/mol. The van der Waals surface area contributed by atoms with E-state index in [4.69, 9.17) is 0 Å². The number of aryl methyl sites for hydroxylation is 1. The van der Waals surface area contributed by atoms with Gasteiger partial charge in [-0.15, -0.1) is 0 Å². The minimum atomic E-state index is -0.227. The maximum Gasteiger partial charge on any atom is 0.241 e. The van der Waals surface area contributed by atoms with Crippen LogP contribution in [0.2, 0.25) is 0 Å². The summed E-state index contributed by atoms with van der Waals surface area (Å²) in [4.78, 5) is 26.3. The van der Waals surface area contributed by atoms with Crippen molar-refractivity contribution in [1.29, 1.82) is 0 Å². The molecule has 2 heterocycles. The van der Waals surface area contributed by atoms with Crippen LogP contribution in [0, 0.1) is 0 Å². The molecule has 0 saturated heterocycles. The second kappa shape index (κ2) is 6.92. The summed E-state index contributed by atoms with van der Waals surface area (Å²) in [6.07, 6.45) is 2.58. The number of amides is 2. The number of nitrogens with one attached hydrogen (secondary N) is 2. The van der Waals surface area contributed by atoms with E-state index in [1.807, 2.05) is 35.2 Å². The molecule has 5 heteroatoms. The number of carbonyl (C=O) groups excluding carboxylic acids is 2. The van der Waals surface area contributed by atoms with Crippen molar-refractivity contribution in [3.63, 3.8) is 0 Å². The van der Waals surface area contributed by atoms with Crippen molar-refractivity contribution >= 4 is 23.2 Å². The average Bonchev–Trinajstić information content (AvgIpc) is 2.66. The van der Waals surface area contributed by atoms with E-state index >= 15 is 0 Å². The lowest BCUT2D eigenvalue weighted by Crippen LogP contribution is -2.44. The summed E-state index contributed by atoms with van der Waals surface area (Å²) in [6.45, 7) is 3.07. The highest BCUT2D eigenvalue weighted by Gasteiger charge is 2.25. The lowest BCUT2D eigenvalue weighted by molar-refractivity contribution is -0.118. The summed E-state index contributed by atoms with van der Waals surface area (Å²) < 4.78 is 0. The fourth-order valence-corrected chi connectivity index (χ4v) is 3.87. The number of anilines is 2. The molecule has 0 bridgehead atoms. The van der Waals surface area contributed by atoms with E-state index in [0.29, 0.717) is 13.0 Å². The van der Waals surface area contributed by atoms with E-state index < -0.39 is 0 Å². The number of fused-ring (bicyclic) bond motifs is 2. The van der Waals surface area contributed by atoms with Gasteiger partial charge >= 0.3 is 0 Å². The molecule has 26 heavy (non-hydrogen) atoms. The van der Waals surface area contributed by atoms with E-state index in [0.717, 1.165) is 36.3 Å². The molecular formula is C21H23N3O2. The van der Waals surface area contributed by atoms with Crippen molar-refractivity contribution in [2.45, 2.75) is 38.8 Å². The highest BCUT2D eigenvalue weighted by atomic mass is 16.2. The molecule has 2 amide bonds. The van der Waals surface area contributed by atoms with Gasteiger partial charge in [-0.25, -0.2) is 0 Å². The molecule has 0 radical (unpaired) electrons. The normalized spacial score (nSPS) is 18.7. The monoisotopic (exact) mass is 349 g/mol. The standard InChI is InChI=1S/C21H23N3O2/c1-14(25)24-10-4-7-16-11-18(8-9-20(16)24)23-21(26)19-12-15-5-2-3-6-17(15)13-22-19/h2-3,5-6,8-9,11,19,22H,4,7,10,12-13H2,1H3,(H,23,26)/t19-/m0/s1. The number of carbonyl (C=O) groups is 2. The van der Waals surface area contributed by atoms with Gasteiger partial charge in [-0.1, -0.05) is 24.3 Å². The van der Waals surface area contributed by atoms with Crippen LogP contribution >= 0.6 is 0 Å². The fourth-order valence-electron chi connectivity index (χ4n) is 3.87. The first-order valence-corrected chi connectivity index (χ1v) is 9.14. The predicted octanol–water partition coefficient (Wildman–Crippen LogP) is 2.64. The number of benzene rings is 2. The fraction of sp³-hybridized carbons (Fsp3) is 0.333. The SMILES string of the molecule is CC(=O)N1CCCc2cc(NC(=O)[C@@H]3Cc4ccccc4CN3)ccc21. The Morgan fingerprint density at radius 1 is 1.12 bits per heavy atom. The third kappa shape index (κ3) is 3.22. The van der Waals surface area contributed by atoms with Crippen molar-refractivity contribution in [2.24, 2.45) is 0 Å². The molecule has 0 aromatic heterocycles. The van der Waals surface area contributed by atoms with Crippen LogP contribution in [-0.2, 0) is 29.0 Å². The summed E-state index contributed by atoms with van der Waals surface area (Å²) in [7, 11) is 0. The van der Waals surface area contributed by atoms with E-state index in [1.165, 1.54) is 11.1 Å². The molecular weight excluding hydrogens is 326 g/mol. The van der Waals surface area contributed by atoms with Gasteiger partial charge < -0.3 is 15.5 Å². The molecule has 2 aromatic rings. The highest BCUT2D eigenvalue weighted by molar-refractivity contribution is 5.97. The Hall–Kier alpha value is -2.66. The minimum absolute atomic E-state index is 0.0151. The quantitative estimate of drug-likeness (QED) is 0.876. The lowest BCUT2D eigenvalue weighted by Gasteiger charge is -2.29. The molecule has 5 nitrogen and oxygen atoms in total. The van der Waals surface area contributed by atoms with Crippen LogP contribution in [-0.4, -0.2) is 24.4 Å². The van der Waals surface area contributed by atoms with Gasteiger partial charge in [-0.2, -0.15) is 0 Å². The smallest absolute Gasteiger partial charge is 0.241 e. The third-order valence-corrected chi connectivity index (χ3v) is 5.24. The van der Waals surface area contributed by atoms with Crippen LogP contribution in [0.15, 0.2) is 42.5 Å². The first-order chi connectivity index (χ1) is 12.6. The van der Waals surface area contributed by atoms with E-state index in [-0.39, 0.29) is 17.9 Å². The lowest BCUT2D eigenvalue weighted by atomic mass is 9.95. The molecule has 0 aliphatic carbocycles. The molecule has 1 atom stereocenters. The largest absolute Gasteiger partial charge is 0.325 e. The Morgan fingerprint density at radius 3 is 2.73 bits per heavy atom. The maximum absolute atomic E-state index is 12.7. The van der Waals surface area contributed by atoms with Gasteiger partial charge in [0.1, 0.15) is 0 Å². The second-order valence-corrected chi connectivity index (χ2v) is 7.01. The molecule has 134 valence electrons. The van der Waals surface area contributed by atoms with Gasteiger partial charge in [0.05, 0.1) is 6.04 Å². The summed E-state index contributed by atoms with van der Waals surface area (Å²) in [5.41, 5.74) is 5.36. The van der Waals surface area contributed by atoms with Crippen molar-refractivity contribution < 1.29 is 9.59 Å². The zero-order chi connectivity index (χ0) is 18.1. The van der Waals surface area contributed by atoms with Crippen LogP contribution in [0.1, 0.15) is 30.0 Å². The van der Waals surface area contributed by atoms with Crippen molar-refractivity contribution in [3.05, 3.63) is 59.2 Å². The van der Waals surface area contributed by atoms with Gasteiger partial charge in [0.2, 0.25) is 11.8 Å². The van der Waals surface area contributed by atoms with E-state index in [1.54, 1.807) is 6.92 Å². The van der Waals surface area contributed by atoms with Gasteiger partial charge in [-0.05, 0) is 54.2 Å². The average molecular weight is 349 g/mol. The summed E-state index contributed by atoms with van der Waals surface area (Å²) >= 11 is 0. The Bertz CT molecular complexity index is 862. The highest BCUT2D eigenvalue weighted by Crippen LogP contribution is 2.30. The van der Waals surface area contributed by atoms with Gasteiger partial charge in [-0.3, -0.25) is 9.59 Å². The van der Waals surface area contributed by atoms with E-state index in [2.05, 4.69) is 22.8 Å². The van der Waals surface area contributed by atoms with Crippen LogP contribution in [0.3, 0.4) is 0 Å². The molecule has 0 spiro atoms. The van der Waals surface area contributed by atoms with Gasteiger partial charge in [0.25, 0.3) is 0 Å². The molecule has 2 aliphatic rings. The number of rotatable bonds is 2. The zero-order valence-corrected chi connectivity index (χ0v) is 14.9. The number of hydrogen-bond donors (Lipinski definition) is 2. The van der Waals surface area contributed by atoms with Gasteiger partial charge in [0.15, 0.2) is 0 Å². The van der Waals surface area contributed by atoms with Crippen LogP contribution in [0.5, 0.6) is 0 Å². The van der Waals surface area contributed by atoms with Crippen molar-refractivity contribution in [2.75, 3.05) is 16.8 Å². The topological polar surface area (TPSA) is 61.4 Å². The van der Waals surface area contributed by atoms with Crippen molar-refractivity contribution in [1.82, 2.24) is 5.32 Å². The van der Waals surface area contributed by atoms with Crippen molar-refractivity contribution in [3.8, 4) is 0 Å². The van der Waals surface area contributed by atoms with E-state index in [9.17, 15) is 9.59 Å².